The summed E-state index contributed by atoms with van der Waals surface area (Å²) >= 11 is 0. The average Bonchev–Trinajstić information content (AvgIpc) is 2.25. The summed E-state index contributed by atoms with van der Waals surface area (Å²) in [5, 5.41) is 3.70. The van der Waals surface area contributed by atoms with Gasteiger partial charge in [-0.3, -0.25) is 0 Å². The van der Waals surface area contributed by atoms with Gasteiger partial charge < -0.3 is 10.2 Å². The lowest BCUT2D eigenvalue weighted by molar-refractivity contribution is 0.190. The van der Waals surface area contributed by atoms with E-state index in [1.54, 1.807) is 0 Å². The zero-order valence-electron chi connectivity index (χ0n) is 11.6. The van der Waals surface area contributed by atoms with Crippen LogP contribution in [0.2, 0.25) is 0 Å². The van der Waals surface area contributed by atoms with Gasteiger partial charge in [0.2, 0.25) is 0 Å². The van der Waals surface area contributed by atoms with Gasteiger partial charge >= 0.3 is 0 Å². The van der Waals surface area contributed by atoms with Crippen LogP contribution in [0, 0.1) is 11.8 Å². The molecule has 0 bridgehead atoms. The van der Waals surface area contributed by atoms with Gasteiger partial charge in [-0.15, -0.1) is 0 Å². The van der Waals surface area contributed by atoms with Crippen molar-refractivity contribution in [2.45, 2.75) is 52.5 Å². The molecule has 0 aromatic heterocycles. The van der Waals surface area contributed by atoms with Crippen LogP contribution in [-0.4, -0.2) is 37.6 Å². The Morgan fingerprint density at radius 3 is 2.38 bits per heavy atom. The normalized spacial score (nSPS) is 21.6. The molecule has 1 N–H and O–H groups in total. The number of hydrogen-bond acceptors (Lipinski definition) is 2. The number of rotatable bonds is 6. The summed E-state index contributed by atoms with van der Waals surface area (Å²) in [7, 11) is 2.23. The number of hydrogen-bond donors (Lipinski definition) is 1. The van der Waals surface area contributed by atoms with E-state index < -0.39 is 0 Å². The zero-order chi connectivity index (χ0) is 12.0. The minimum absolute atomic E-state index is 0.709. The predicted octanol–water partition coefficient (Wildman–Crippen LogP) is 2.74. The van der Waals surface area contributed by atoms with Crippen molar-refractivity contribution in [3.8, 4) is 0 Å². The first-order valence-electron chi connectivity index (χ1n) is 7.01. The largest absolute Gasteiger partial charge is 0.314 e. The Morgan fingerprint density at radius 2 is 1.81 bits per heavy atom. The maximum absolute atomic E-state index is 3.70. The van der Waals surface area contributed by atoms with Crippen LogP contribution in [0.5, 0.6) is 0 Å². The fourth-order valence-electron chi connectivity index (χ4n) is 2.54. The van der Waals surface area contributed by atoms with Crippen molar-refractivity contribution in [3.63, 3.8) is 0 Å². The molecule has 2 heteroatoms. The van der Waals surface area contributed by atoms with Gasteiger partial charge in [-0.2, -0.15) is 0 Å². The molecule has 0 amide bonds. The Kier molecular flexibility index (Phi) is 6.37. The topological polar surface area (TPSA) is 15.3 Å². The van der Waals surface area contributed by atoms with E-state index in [1.165, 1.54) is 45.3 Å². The van der Waals surface area contributed by atoms with Crippen molar-refractivity contribution >= 4 is 0 Å². The molecule has 0 saturated carbocycles. The standard InChI is InChI=1S/C14H30N2/c1-12(2)6-5-9-15-13(3)14-7-10-16(4)11-8-14/h12-15H,5-11H2,1-4H3. The van der Waals surface area contributed by atoms with E-state index in [9.17, 15) is 0 Å². The lowest BCUT2D eigenvalue weighted by Crippen LogP contribution is -2.41. The number of nitrogens with one attached hydrogen (secondary N) is 1. The molecule has 0 aliphatic carbocycles. The van der Waals surface area contributed by atoms with Crippen LogP contribution in [0.25, 0.3) is 0 Å². The summed E-state index contributed by atoms with van der Waals surface area (Å²) in [5.74, 6) is 1.75. The van der Waals surface area contributed by atoms with Crippen LogP contribution in [0.4, 0.5) is 0 Å². The van der Waals surface area contributed by atoms with Gasteiger partial charge in [-0.05, 0) is 71.1 Å². The first-order valence-corrected chi connectivity index (χ1v) is 7.01. The molecule has 1 aliphatic heterocycles. The third kappa shape index (κ3) is 5.31. The molecule has 1 saturated heterocycles. The minimum atomic E-state index is 0.709. The number of piperidine rings is 1. The second-order valence-corrected chi connectivity index (χ2v) is 5.92. The lowest BCUT2D eigenvalue weighted by atomic mass is 9.90. The molecule has 2 nitrogen and oxygen atoms in total. The summed E-state index contributed by atoms with van der Waals surface area (Å²) in [6.07, 6.45) is 5.42. The van der Waals surface area contributed by atoms with Crippen molar-refractivity contribution < 1.29 is 0 Å². The summed E-state index contributed by atoms with van der Waals surface area (Å²) < 4.78 is 0. The number of nitrogens with zero attached hydrogens (tertiary/aromatic N) is 1. The summed E-state index contributed by atoms with van der Waals surface area (Å²) in [4.78, 5) is 2.45. The van der Waals surface area contributed by atoms with Gasteiger partial charge in [-0.1, -0.05) is 13.8 Å². The molecule has 1 aliphatic rings. The van der Waals surface area contributed by atoms with Crippen molar-refractivity contribution in [1.82, 2.24) is 10.2 Å². The second-order valence-electron chi connectivity index (χ2n) is 5.92. The first-order chi connectivity index (χ1) is 7.59. The molecule has 1 unspecified atom stereocenters. The van der Waals surface area contributed by atoms with E-state index in [4.69, 9.17) is 0 Å². The lowest BCUT2D eigenvalue weighted by Gasteiger charge is -2.33. The van der Waals surface area contributed by atoms with Crippen molar-refractivity contribution in [1.29, 1.82) is 0 Å². The molecular weight excluding hydrogens is 196 g/mol. The fraction of sp³-hybridized carbons (Fsp3) is 1.00. The molecule has 0 spiro atoms. The number of likely N-dealkylation sites (tertiary alicyclic amines) is 1. The van der Waals surface area contributed by atoms with E-state index in [-0.39, 0.29) is 0 Å². The smallest absolute Gasteiger partial charge is 0.00679 e. The highest BCUT2D eigenvalue weighted by Gasteiger charge is 2.21. The summed E-state index contributed by atoms with van der Waals surface area (Å²) in [5.41, 5.74) is 0. The Labute approximate surface area is 102 Å². The van der Waals surface area contributed by atoms with Crippen LogP contribution in [-0.2, 0) is 0 Å². The maximum Gasteiger partial charge on any atom is 0.00679 e. The van der Waals surface area contributed by atoms with Crippen molar-refractivity contribution in [3.05, 3.63) is 0 Å². The molecular formula is C14H30N2. The second kappa shape index (κ2) is 7.29. The maximum atomic E-state index is 3.70. The third-order valence-corrected chi connectivity index (χ3v) is 3.89. The molecule has 1 atom stereocenters. The molecule has 0 radical (unpaired) electrons. The van der Waals surface area contributed by atoms with Crippen LogP contribution in [0.1, 0.15) is 46.5 Å². The molecule has 1 fully saturated rings. The summed E-state index contributed by atoms with van der Waals surface area (Å²) in [6.45, 7) is 10.7. The Balaban J connectivity index is 2.08. The van der Waals surface area contributed by atoms with Gasteiger partial charge in [0.05, 0.1) is 0 Å². The Morgan fingerprint density at radius 1 is 1.19 bits per heavy atom. The van der Waals surface area contributed by atoms with E-state index in [2.05, 4.69) is 38.0 Å². The van der Waals surface area contributed by atoms with E-state index in [0.717, 1.165) is 11.8 Å². The molecule has 0 aromatic carbocycles. The quantitative estimate of drug-likeness (QED) is 0.701. The Bertz CT molecular complexity index is 172. The molecule has 1 heterocycles. The third-order valence-electron chi connectivity index (χ3n) is 3.89. The van der Waals surface area contributed by atoms with Crippen LogP contribution in [0.15, 0.2) is 0 Å². The van der Waals surface area contributed by atoms with Crippen LogP contribution < -0.4 is 5.32 Å². The van der Waals surface area contributed by atoms with Crippen molar-refractivity contribution in [2.75, 3.05) is 26.7 Å². The fourth-order valence-corrected chi connectivity index (χ4v) is 2.54. The molecule has 96 valence electrons. The average molecular weight is 226 g/mol. The molecule has 0 aromatic rings. The van der Waals surface area contributed by atoms with E-state index in [0.29, 0.717) is 6.04 Å². The predicted molar refractivity (Wildman–Crippen MR) is 71.8 cm³/mol. The van der Waals surface area contributed by atoms with E-state index in [1.807, 2.05) is 0 Å². The molecule has 1 rings (SSSR count). The first kappa shape index (κ1) is 14.0. The highest BCUT2D eigenvalue weighted by Crippen LogP contribution is 2.19. The monoisotopic (exact) mass is 226 g/mol. The van der Waals surface area contributed by atoms with Gasteiger partial charge in [0.15, 0.2) is 0 Å². The van der Waals surface area contributed by atoms with Crippen LogP contribution in [0.3, 0.4) is 0 Å². The van der Waals surface area contributed by atoms with Gasteiger partial charge in [0.1, 0.15) is 0 Å². The SMILES string of the molecule is CC(C)CCCNC(C)C1CCN(C)CC1. The van der Waals surface area contributed by atoms with Gasteiger partial charge in [0.25, 0.3) is 0 Å². The summed E-state index contributed by atoms with van der Waals surface area (Å²) in [6, 6.07) is 0.709. The highest BCUT2D eigenvalue weighted by molar-refractivity contribution is 4.78. The highest BCUT2D eigenvalue weighted by atomic mass is 15.1. The minimum Gasteiger partial charge on any atom is -0.314 e. The van der Waals surface area contributed by atoms with Gasteiger partial charge in [0, 0.05) is 6.04 Å². The van der Waals surface area contributed by atoms with Crippen molar-refractivity contribution in [2.24, 2.45) is 11.8 Å². The molecule has 16 heavy (non-hydrogen) atoms. The Hall–Kier alpha value is -0.0800. The van der Waals surface area contributed by atoms with Gasteiger partial charge in [-0.25, -0.2) is 0 Å². The zero-order valence-corrected chi connectivity index (χ0v) is 11.6. The van der Waals surface area contributed by atoms with E-state index >= 15 is 0 Å². The van der Waals surface area contributed by atoms with Crippen LogP contribution >= 0.6 is 0 Å².